The molecule has 0 unspecified atom stereocenters. The number of carbonyl (C=O) groups is 1. The van der Waals surface area contributed by atoms with Crippen molar-refractivity contribution in [2.24, 2.45) is 0 Å². The van der Waals surface area contributed by atoms with E-state index in [1.165, 1.54) is 12.1 Å². The number of para-hydroxylation sites is 1. The lowest BCUT2D eigenvalue weighted by molar-refractivity contribution is -0.385. The summed E-state index contributed by atoms with van der Waals surface area (Å²) in [7, 11) is 0. The van der Waals surface area contributed by atoms with Gasteiger partial charge in [-0.3, -0.25) is 10.1 Å². The van der Waals surface area contributed by atoms with Crippen molar-refractivity contribution < 1.29 is 19.2 Å². The summed E-state index contributed by atoms with van der Waals surface area (Å²) in [5.41, 5.74) is -0.205. The fourth-order valence-corrected chi connectivity index (χ4v) is 1.59. The van der Waals surface area contributed by atoms with Crippen molar-refractivity contribution in [3.05, 3.63) is 32.8 Å². The van der Waals surface area contributed by atoms with Gasteiger partial charge in [-0.25, -0.2) is 4.79 Å². The predicted octanol–water partition coefficient (Wildman–Crippen LogP) is 2.30. The van der Waals surface area contributed by atoms with E-state index in [9.17, 15) is 14.9 Å². The molecule has 0 aromatic heterocycles. The van der Waals surface area contributed by atoms with Gasteiger partial charge >= 0.3 is 11.7 Å². The van der Waals surface area contributed by atoms with Gasteiger partial charge in [-0.1, -0.05) is 6.07 Å². The van der Waals surface area contributed by atoms with Crippen molar-refractivity contribution >= 4 is 27.6 Å². The second-order valence-electron chi connectivity index (χ2n) is 2.94. The number of nitro benzene ring substituents is 1. The highest BCUT2D eigenvalue weighted by molar-refractivity contribution is 9.10. The highest BCUT2D eigenvalue weighted by atomic mass is 79.9. The number of hydrogen-bond acceptors (Lipinski definition) is 5. The molecule has 0 saturated carbocycles. The van der Waals surface area contributed by atoms with Crippen molar-refractivity contribution in [1.29, 1.82) is 0 Å². The Labute approximate surface area is 106 Å². The fourth-order valence-electron chi connectivity index (χ4n) is 1.12. The monoisotopic (exact) mass is 303 g/mol. The standard InChI is InChI=1S/C10H10BrNO5/c1-2-16-9(13)6-17-10-7(11)4-3-5-8(10)12(14)15/h3-5H,2,6H2,1H3. The van der Waals surface area contributed by atoms with Crippen LogP contribution in [0, 0.1) is 10.1 Å². The molecule has 0 aliphatic carbocycles. The van der Waals surface area contributed by atoms with Crippen LogP contribution in [-0.2, 0) is 9.53 Å². The summed E-state index contributed by atoms with van der Waals surface area (Å²) in [4.78, 5) is 21.2. The van der Waals surface area contributed by atoms with Gasteiger partial charge in [-0.05, 0) is 28.9 Å². The molecule has 17 heavy (non-hydrogen) atoms. The summed E-state index contributed by atoms with van der Waals surface area (Å²) in [6.07, 6.45) is 0. The summed E-state index contributed by atoms with van der Waals surface area (Å²) in [6, 6.07) is 4.40. The number of rotatable bonds is 5. The maximum Gasteiger partial charge on any atom is 0.344 e. The molecule has 0 radical (unpaired) electrons. The van der Waals surface area contributed by atoms with Crippen LogP contribution in [0.3, 0.4) is 0 Å². The molecule has 1 aromatic carbocycles. The Balaban J connectivity index is 2.82. The minimum absolute atomic E-state index is 0.0190. The molecule has 0 atom stereocenters. The summed E-state index contributed by atoms with van der Waals surface area (Å²) in [5, 5.41) is 10.7. The van der Waals surface area contributed by atoms with E-state index < -0.39 is 10.9 Å². The number of esters is 1. The van der Waals surface area contributed by atoms with E-state index in [-0.39, 0.29) is 24.7 Å². The quantitative estimate of drug-likeness (QED) is 0.474. The molecule has 92 valence electrons. The molecule has 6 nitrogen and oxygen atoms in total. The number of hydrogen-bond donors (Lipinski definition) is 0. The molecule has 0 aliphatic heterocycles. The number of halogens is 1. The normalized spacial score (nSPS) is 9.76. The van der Waals surface area contributed by atoms with Gasteiger partial charge in [-0.2, -0.15) is 0 Å². The number of ether oxygens (including phenoxy) is 2. The lowest BCUT2D eigenvalue weighted by Crippen LogP contribution is -2.15. The van der Waals surface area contributed by atoms with Crippen LogP contribution in [0.2, 0.25) is 0 Å². The zero-order valence-electron chi connectivity index (χ0n) is 9.01. The van der Waals surface area contributed by atoms with Crippen LogP contribution in [0.4, 0.5) is 5.69 Å². The molecule has 0 bridgehead atoms. The molecule has 0 saturated heterocycles. The SMILES string of the molecule is CCOC(=O)COc1c(Br)cccc1[N+](=O)[O-]. The molecular formula is C10H10BrNO5. The number of nitrogens with zero attached hydrogens (tertiary/aromatic N) is 1. The van der Waals surface area contributed by atoms with E-state index in [2.05, 4.69) is 20.7 Å². The zero-order valence-corrected chi connectivity index (χ0v) is 10.6. The van der Waals surface area contributed by atoms with Gasteiger partial charge in [0, 0.05) is 6.07 Å². The highest BCUT2D eigenvalue weighted by Gasteiger charge is 2.19. The molecule has 0 fully saturated rings. The Morgan fingerprint density at radius 1 is 1.53 bits per heavy atom. The van der Waals surface area contributed by atoms with Crippen molar-refractivity contribution in [3.8, 4) is 5.75 Å². The van der Waals surface area contributed by atoms with E-state index in [4.69, 9.17) is 4.74 Å². The number of nitro groups is 1. The summed E-state index contributed by atoms with van der Waals surface area (Å²) >= 11 is 3.12. The lowest BCUT2D eigenvalue weighted by Gasteiger charge is -2.07. The maximum absolute atomic E-state index is 11.1. The van der Waals surface area contributed by atoms with Crippen LogP contribution in [0.25, 0.3) is 0 Å². The first-order valence-corrected chi connectivity index (χ1v) is 5.57. The molecular weight excluding hydrogens is 294 g/mol. The topological polar surface area (TPSA) is 78.7 Å². The van der Waals surface area contributed by atoms with E-state index >= 15 is 0 Å². The minimum atomic E-state index is -0.578. The van der Waals surface area contributed by atoms with Gasteiger partial charge in [0.25, 0.3) is 0 Å². The molecule has 0 aliphatic rings. The van der Waals surface area contributed by atoms with Crippen molar-refractivity contribution in [2.45, 2.75) is 6.92 Å². The Bertz CT molecular complexity index is 435. The Hall–Kier alpha value is -1.63. The Morgan fingerprint density at radius 3 is 2.82 bits per heavy atom. The van der Waals surface area contributed by atoms with Gasteiger partial charge in [0.2, 0.25) is 5.75 Å². The number of benzene rings is 1. The van der Waals surface area contributed by atoms with Crippen LogP contribution in [0.1, 0.15) is 6.92 Å². The van der Waals surface area contributed by atoms with Gasteiger partial charge in [0.1, 0.15) is 0 Å². The van der Waals surface area contributed by atoms with Crippen molar-refractivity contribution in [1.82, 2.24) is 0 Å². The van der Waals surface area contributed by atoms with Gasteiger partial charge in [0.15, 0.2) is 6.61 Å². The van der Waals surface area contributed by atoms with Gasteiger partial charge in [0.05, 0.1) is 16.0 Å². The van der Waals surface area contributed by atoms with E-state index in [0.29, 0.717) is 4.47 Å². The van der Waals surface area contributed by atoms with Gasteiger partial charge < -0.3 is 9.47 Å². The summed E-state index contributed by atoms with van der Waals surface area (Å²) in [6.45, 7) is 1.54. The Morgan fingerprint density at radius 2 is 2.24 bits per heavy atom. The minimum Gasteiger partial charge on any atom is -0.474 e. The van der Waals surface area contributed by atoms with E-state index in [1.807, 2.05) is 0 Å². The van der Waals surface area contributed by atoms with Crippen molar-refractivity contribution in [3.63, 3.8) is 0 Å². The van der Waals surface area contributed by atoms with Crippen molar-refractivity contribution in [2.75, 3.05) is 13.2 Å². The molecule has 0 spiro atoms. The molecule has 0 N–H and O–H groups in total. The molecule has 1 aromatic rings. The molecule has 7 heteroatoms. The lowest BCUT2D eigenvalue weighted by atomic mass is 10.3. The molecule has 0 heterocycles. The molecule has 1 rings (SSSR count). The van der Waals surface area contributed by atoms with E-state index in [1.54, 1.807) is 13.0 Å². The second kappa shape index (κ2) is 6.19. The molecule has 0 amide bonds. The largest absolute Gasteiger partial charge is 0.474 e. The Kier molecular flexibility index (Phi) is 4.89. The van der Waals surface area contributed by atoms with Crippen LogP contribution in [0.15, 0.2) is 22.7 Å². The first-order chi connectivity index (χ1) is 8.06. The average molecular weight is 304 g/mol. The van der Waals surface area contributed by atoms with Gasteiger partial charge in [-0.15, -0.1) is 0 Å². The predicted molar refractivity (Wildman–Crippen MR) is 62.9 cm³/mol. The highest BCUT2D eigenvalue weighted by Crippen LogP contribution is 2.34. The third kappa shape index (κ3) is 3.70. The summed E-state index contributed by atoms with van der Waals surface area (Å²) < 4.78 is 10.1. The summed E-state index contributed by atoms with van der Waals surface area (Å²) in [5.74, 6) is -0.553. The zero-order chi connectivity index (χ0) is 12.8. The third-order valence-electron chi connectivity index (χ3n) is 1.78. The first kappa shape index (κ1) is 13.4. The fraction of sp³-hybridized carbons (Fsp3) is 0.300. The first-order valence-electron chi connectivity index (χ1n) is 4.77. The van der Waals surface area contributed by atoms with Crippen LogP contribution >= 0.6 is 15.9 Å². The third-order valence-corrected chi connectivity index (χ3v) is 2.41. The number of carbonyl (C=O) groups excluding carboxylic acids is 1. The van der Waals surface area contributed by atoms with Crippen LogP contribution < -0.4 is 4.74 Å². The van der Waals surface area contributed by atoms with E-state index in [0.717, 1.165) is 0 Å². The maximum atomic E-state index is 11.1. The average Bonchev–Trinajstić information content (AvgIpc) is 2.27. The smallest absolute Gasteiger partial charge is 0.344 e. The van der Waals surface area contributed by atoms with Crippen LogP contribution in [-0.4, -0.2) is 24.1 Å². The van der Waals surface area contributed by atoms with Crippen LogP contribution in [0.5, 0.6) is 5.75 Å². The second-order valence-corrected chi connectivity index (χ2v) is 3.79.